The van der Waals surface area contributed by atoms with Crippen LogP contribution in [0, 0.1) is 0 Å². The number of hydrogen-bond donors (Lipinski definition) is 0. The van der Waals surface area contributed by atoms with Crippen molar-refractivity contribution in [3.63, 3.8) is 0 Å². The molecule has 1 aliphatic rings. The number of esters is 1. The third-order valence-electron chi connectivity index (χ3n) is 3.05. The second-order valence-corrected chi connectivity index (χ2v) is 6.69. The summed E-state index contributed by atoms with van der Waals surface area (Å²) in [5.74, 6) is -0.394. The molecule has 0 saturated heterocycles. The molecule has 1 heterocycles. The van der Waals surface area contributed by atoms with Gasteiger partial charge in [-0.15, -0.1) is 0 Å². The van der Waals surface area contributed by atoms with Gasteiger partial charge in [0, 0.05) is 11.0 Å². The first-order valence-electron chi connectivity index (χ1n) is 6.64. The molecule has 114 valence electrons. The number of hydrogen-bond acceptors (Lipinski definition) is 4. The summed E-state index contributed by atoms with van der Waals surface area (Å²) in [7, 11) is 1.34. The molecule has 5 nitrogen and oxygen atoms in total. The van der Waals surface area contributed by atoms with Crippen molar-refractivity contribution in [2.75, 3.05) is 18.6 Å². The minimum atomic E-state index is -0.543. The summed E-state index contributed by atoms with van der Waals surface area (Å²) in [5.41, 5.74) is 1.61. The molecule has 1 aromatic rings. The predicted molar refractivity (Wildman–Crippen MR) is 82.8 cm³/mol. The van der Waals surface area contributed by atoms with E-state index in [1.807, 2.05) is 20.8 Å². The molecule has 0 unspecified atom stereocenters. The Bertz CT molecular complexity index is 592. The number of amides is 1. The van der Waals surface area contributed by atoms with Gasteiger partial charge in [-0.25, -0.2) is 9.59 Å². The molecule has 0 bridgehead atoms. The van der Waals surface area contributed by atoms with Crippen LogP contribution >= 0.6 is 15.9 Å². The number of carbonyl (C=O) groups is 2. The Morgan fingerprint density at radius 1 is 1.29 bits per heavy atom. The number of anilines is 1. The van der Waals surface area contributed by atoms with Crippen LogP contribution in [0.4, 0.5) is 10.5 Å². The molecular formula is C15H18BrNO4. The van der Waals surface area contributed by atoms with Gasteiger partial charge in [0.05, 0.1) is 18.4 Å². The second kappa shape index (κ2) is 5.67. The highest BCUT2D eigenvalue weighted by Crippen LogP contribution is 2.37. The molecule has 6 heteroatoms. The lowest BCUT2D eigenvalue weighted by Gasteiger charge is -2.25. The van der Waals surface area contributed by atoms with E-state index >= 15 is 0 Å². The van der Waals surface area contributed by atoms with Crippen molar-refractivity contribution in [1.29, 1.82) is 0 Å². The van der Waals surface area contributed by atoms with E-state index in [0.29, 0.717) is 23.0 Å². The molecule has 1 aliphatic heterocycles. The Labute approximate surface area is 132 Å². The summed E-state index contributed by atoms with van der Waals surface area (Å²) >= 11 is 3.43. The molecule has 1 aromatic carbocycles. The van der Waals surface area contributed by atoms with E-state index < -0.39 is 11.6 Å². The van der Waals surface area contributed by atoms with Crippen LogP contribution in [-0.2, 0) is 15.9 Å². The minimum Gasteiger partial charge on any atom is -0.465 e. The van der Waals surface area contributed by atoms with Gasteiger partial charge >= 0.3 is 12.1 Å². The average molecular weight is 356 g/mol. The number of nitrogens with zero attached hydrogens (tertiary/aromatic N) is 1. The smallest absolute Gasteiger partial charge is 0.414 e. The van der Waals surface area contributed by atoms with Crippen LogP contribution in [0.5, 0.6) is 0 Å². The molecule has 1 amide bonds. The van der Waals surface area contributed by atoms with Crippen LogP contribution < -0.4 is 4.90 Å². The van der Waals surface area contributed by atoms with Crippen molar-refractivity contribution in [2.24, 2.45) is 0 Å². The van der Waals surface area contributed by atoms with Crippen LogP contribution in [0.1, 0.15) is 36.7 Å². The number of fused-ring (bicyclic) bond motifs is 1. The van der Waals surface area contributed by atoms with E-state index in [1.54, 1.807) is 17.0 Å². The molecule has 0 atom stereocenters. The van der Waals surface area contributed by atoms with Gasteiger partial charge in [0.2, 0.25) is 0 Å². The lowest BCUT2D eigenvalue weighted by Crippen LogP contribution is -2.35. The zero-order chi connectivity index (χ0) is 15.8. The first-order chi connectivity index (χ1) is 9.73. The lowest BCUT2D eigenvalue weighted by atomic mass is 10.1. The fraction of sp³-hybridized carbons (Fsp3) is 0.467. The van der Waals surface area contributed by atoms with E-state index in [-0.39, 0.29) is 6.09 Å². The first-order valence-corrected chi connectivity index (χ1v) is 7.43. The van der Waals surface area contributed by atoms with Gasteiger partial charge in [-0.3, -0.25) is 4.90 Å². The monoisotopic (exact) mass is 355 g/mol. The lowest BCUT2D eigenvalue weighted by molar-refractivity contribution is 0.0580. The fourth-order valence-corrected chi connectivity index (χ4v) is 2.94. The molecule has 0 aromatic heterocycles. The highest BCUT2D eigenvalue weighted by atomic mass is 79.9. The highest BCUT2D eigenvalue weighted by Gasteiger charge is 2.31. The van der Waals surface area contributed by atoms with E-state index in [2.05, 4.69) is 15.9 Å². The van der Waals surface area contributed by atoms with E-state index in [0.717, 1.165) is 11.3 Å². The van der Waals surface area contributed by atoms with Gasteiger partial charge in [-0.2, -0.15) is 0 Å². The Hall–Kier alpha value is -1.56. The third-order valence-corrected chi connectivity index (χ3v) is 3.66. The number of halogens is 1. The Kier molecular flexibility index (Phi) is 4.27. The van der Waals surface area contributed by atoms with Gasteiger partial charge in [0.15, 0.2) is 0 Å². The van der Waals surface area contributed by atoms with E-state index in [9.17, 15) is 9.59 Å². The van der Waals surface area contributed by atoms with Crippen LogP contribution in [0.15, 0.2) is 16.6 Å². The number of ether oxygens (including phenoxy) is 2. The summed E-state index contributed by atoms with van der Waals surface area (Å²) in [6.45, 7) is 6.03. The number of benzene rings is 1. The summed E-state index contributed by atoms with van der Waals surface area (Å²) in [5, 5.41) is 0. The summed E-state index contributed by atoms with van der Waals surface area (Å²) in [4.78, 5) is 25.5. The van der Waals surface area contributed by atoms with Crippen molar-refractivity contribution < 1.29 is 19.1 Å². The first kappa shape index (κ1) is 15.8. The maximum atomic E-state index is 12.2. The van der Waals surface area contributed by atoms with Crippen LogP contribution in [-0.4, -0.2) is 31.3 Å². The van der Waals surface area contributed by atoms with Crippen molar-refractivity contribution in [2.45, 2.75) is 32.8 Å². The van der Waals surface area contributed by atoms with E-state index in [4.69, 9.17) is 9.47 Å². The second-order valence-electron chi connectivity index (χ2n) is 5.84. The summed E-state index contributed by atoms with van der Waals surface area (Å²) in [6.07, 6.45) is 0.297. The largest absolute Gasteiger partial charge is 0.465 e. The molecule has 0 fully saturated rings. The standard InChI is InChI=1S/C15H18BrNO4/c1-15(2,3)21-14(19)17-6-5-9-7-10(13(18)20-4)8-11(16)12(9)17/h7-8H,5-6H2,1-4H3. The van der Waals surface area contributed by atoms with Gasteiger partial charge in [-0.1, -0.05) is 0 Å². The third kappa shape index (κ3) is 3.37. The molecule has 0 saturated carbocycles. The number of carbonyl (C=O) groups excluding carboxylic acids is 2. The quantitative estimate of drug-likeness (QED) is 0.723. The number of methoxy groups -OCH3 is 1. The van der Waals surface area contributed by atoms with Crippen LogP contribution in [0.2, 0.25) is 0 Å². The Morgan fingerprint density at radius 2 is 1.95 bits per heavy atom. The molecule has 21 heavy (non-hydrogen) atoms. The molecule has 0 spiro atoms. The van der Waals surface area contributed by atoms with Crippen molar-refractivity contribution in [1.82, 2.24) is 0 Å². The van der Waals surface area contributed by atoms with Crippen molar-refractivity contribution in [3.8, 4) is 0 Å². The number of rotatable bonds is 1. The molecule has 0 N–H and O–H groups in total. The molecule has 0 radical (unpaired) electrons. The predicted octanol–water partition coefficient (Wildman–Crippen LogP) is 3.53. The summed E-state index contributed by atoms with van der Waals surface area (Å²) in [6, 6.07) is 3.42. The van der Waals surface area contributed by atoms with Gasteiger partial charge in [0.25, 0.3) is 0 Å². The molecular weight excluding hydrogens is 338 g/mol. The van der Waals surface area contributed by atoms with Crippen LogP contribution in [0.3, 0.4) is 0 Å². The molecule has 0 aliphatic carbocycles. The highest BCUT2D eigenvalue weighted by molar-refractivity contribution is 9.10. The topological polar surface area (TPSA) is 55.8 Å². The normalized spacial score (nSPS) is 13.9. The van der Waals surface area contributed by atoms with E-state index in [1.165, 1.54) is 7.11 Å². The minimum absolute atomic E-state index is 0.382. The Morgan fingerprint density at radius 3 is 2.52 bits per heavy atom. The SMILES string of the molecule is COC(=O)c1cc(Br)c2c(c1)CCN2C(=O)OC(C)(C)C. The molecule has 2 rings (SSSR count). The summed E-state index contributed by atoms with van der Waals surface area (Å²) < 4.78 is 10.8. The van der Waals surface area contributed by atoms with Gasteiger partial charge in [-0.05, 0) is 60.8 Å². The van der Waals surface area contributed by atoms with Gasteiger partial charge in [0.1, 0.15) is 5.60 Å². The van der Waals surface area contributed by atoms with Crippen molar-refractivity contribution >= 4 is 33.7 Å². The average Bonchev–Trinajstić information content (AvgIpc) is 2.80. The Balaban J connectivity index is 2.32. The zero-order valence-electron chi connectivity index (χ0n) is 12.5. The maximum Gasteiger partial charge on any atom is 0.414 e. The zero-order valence-corrected chi connectivity index (χ0v) is 14.1. The fourth-order valence-electron chi connectivity index (χ4n) is 2.23. The maximum absolute atomic E-state index is 12.2. The van der Waals surface area contributed by atoms with Gasteiger partial charge < -0.3 is 9.47 Å². The van der Waals surface area contributed by atoms with Crippen molar-refractivity contribution in [3.05, 3.63) is 27.7 Å². The van der Waals surface area contributed by atoms with Crippen LogP contribution in [0.25, 0.3) is 0 Å².